The van der Waals surface area contributed by atoms with Crippen LogP contribution in [-0.4, -0.2) is 49.7 Å². The SMILES string of the molecule is CN(C(=O)CC1COCCN1)C1CCC(C)(C)CC1.Cl. The molecule has 118 valence electrons. The van der Waals surface area contributed by atoms with Crippen LogP contribution < -0.4 is 5.32 Å². The zero-order valence-corrected chi connectivity index (χ0v) is 13.8. The summed E-state index contributed by atoms with van der Waals surface area (Å²) in [5.74, 6) is 0.257. The van der Waals surface area contributed by atoms with E-state index in [1.54, 1.807) is 0 Å². The topological polar surface area (TPSA) is 41.6 Å². The first-order chi connectivity index (χ1) is 8.98. The molecule has 0 bridgehead atoms. The molecule has 0 aromatic heterocycles. The summed E-state index contributed by atoms with van der Waals surface area (Å²) in [5, 5.41) is 3.35. The van der Waals surface area contributed by atoms with Gasteiger partial charge in [-0.3, -0.25) is 4.79 Å². The molecule has 0 aromatic rings. The number of morpholine rings is 1. The number of ether oxygens (including phenoxy) is 1. The van der Waals surface area contributed by atoms with E-state index in [2.05, 4.69) is 19.2 Å². The highest BCUT2D eigenvalue weighted by atomic mass is 35.5. The van der Waals surface area contributed by atoms with Crippen molar-refractivity contribution >= 4 is 18.3 Å². The largest absolute Gasteiger partial charge is 0.378 e. The van der Waals surface area contributed by atoms with Crippen LogP contribution in [-0.2, 0) is 9.53 Å². The Hall–Kier alpha value is -0.320. The first-order valence-electron chi connectivity index (χ1n) is 7.55. The van der Waals surface area contributed by atoms with Crippen molar-refractivity contribution in [1.29, 1.82) is 0 Å². The van der Waals surface area contributed by atoms with Gasteiger partial charge in [-0.05, 0) is 31.1 Å². The van der Waals surface area contributed by atoms with Crippen LogP contribution in [0.1, 0.15) is 46.0 Å². The molecule has 0 radical (unpaired) electrons. The van der Waals surface area contributed by atoms with E-state index in [1.165, 1.54) is 12.8 Å². The summed E-state index contributed by atoms with van der Waals surface area (Å²) in [6.07, 6.45) is 5.30. The van der Waals surface area contributed by atoms with E-state index >= 15 is 0 Å². The molecule has 1 saturated carbocycles. The first kappa shape index (κ1) is 17.7. The molecule has 4 nitrogen and oxygen atoms in total. The molecule has 5 heteroatoms. The lowest BCUT2D eigenvalue weighted by Gasteiger charge is -2.39. The minimum absolute atomic E-state index is 0. The van der Waals surface area contributed by atoms with E-state index in [4.69, 9.17) is 4.74 Å². The molecular formula is C15H29ClN2O2. The summed E-state index contributed by atoms with van der Waals surface area (Å²) < 4.78 is 5.40. The molecule has 20 heavy (non-hydrogen) atoms. The van der Waals surface area contributed by atoms with Crippen LogP contribution in [0.3, 0.4) is 0 Å². The third-order valence-electron chi connectivity index (χ3n) is 4.67. The zero-order chi connectivity index (χ0) is 13.9. The number of hydrogen-bond donors (Lipinski definition) is 1. The van der Waals surface area contributed by atoms with E-state index in [0.29, 0.717) is 24.5 Å². The van der Waals surface area contributed by atoms with Gasteiger partial charge >= 0.3 is 0 Å². The molecule has 1 aliphatic carbocycles. The molecule has 1 aliphatic heterocycles. The van der Waals surface area contributed by atoms with Crippen molar-refractivity contribution in [2.45, 2.75) is 58.0 Å². The molecule has 2 rings (SSSR count). The van der Waals surface area contributed by atoms with Crippen molar-refractivity contribution in [3.05, 3.63) is 0 Å². The molecule has 1 saturated heterocycles. The van der Waals surface area contributed by atoms with Crippen molar-refractivity contribution in [3.63, 3.8) is 0 Å². The Balaban J connectivity index is 0.00000200. The zero-order valence-electron chi connectivity index (χ0n) is 13.0. The summed E-state index contributed by atoms with van der Waals surface area (Å²) >= 11 is 0. The van der Waals surface area contributed by atoms with Crippen LogP contribution in [0.5, 0.6) is 0 Å². The van der Waals surface area contributed by atoms with Crippen molar-refractivity contribution in [3.8, 4) is 0 Å². The molecule has 1 atom stereocenters. The highest BCUT2D eigenvalue weighted by molar-refractivity contribution is 5.85. The highest BCUT2D eigenvalue weighted by Crippen LogP contribution is 2.36. The van der Waals surface area contributed by atoms with E-state index in [9.17, 15) is 4.79 Å². The van der Waals surface area contributed by atoms with Gasteiger partial charge in [-0.15, -0.1) is 12.4 Å². The molecular weight excluding hydrogens is 276 g/mol. The van der Waals surface area contributed by atoms with Gasteiger partial charge in [0.15, 0.2) is 0 Å². The predicted octanol–water partition coefficient (Wildman–Crippen LogP) is 2.21. The smallest absolute Gasteiger partial charge is 0.224 e. The lowest BCUT2D eigenvalue weighted by atomic mass is 9.75. The van der Waals surface area contributed by atoms with Gasteiger partial charge in [-0.1, -0.05) is 13.8 Å². The average molecular weight is 305 g/mol. The van der Waals surface area contributed by atoms with Crippen LogP contribution >= 0.6 is 12.4 Å². The Labute approximate surface area is 129 Å². The fourth-order valence-electron chi connectivity index (χ4n) is 3.08. The number of amides is 1. The molecule has 1 unspecified atom stereocenters. The lowest BCUT2D eigenvalue weighted by Crippen LogP contribution is -2.47. The summed E-state index contributed by atoms with van der Waals surface area (Å²) in [6, 6.07) is 0.633. The molecule has 0 spiro atoms. The molecule has 1 N–H and O–H groups in total. The normalized spacial score (nSPS) is 26.6. The number of carbonyl (C=O) groups is 1. The summed E-state index contributed by atoms with van der Waals surface area (Å²) in [7, 11) is 1.97. The number of nitrogens with zero attached hydrogens (tertiary/aromatic N) is 1. The monoisotopic (exact) mass is 304 g/mol. The second kappa shape index (κ2) is 7.62. The van der Waals surface area contributed by atoms with Gasteiger partial charge < -0.3 is 15.0 Å². The Kier molecular flexibility index (Phi) is 6.76. The summed E-state index contributed by atoms with van der Waals surface area (Å²) in [6.45, 7) is 6.94. The van der Waals surface area contributed by atoms with Gasteiger partial charge in [-0.2, -0.15) is 0 Å². The Morgan fingerprint density at radius 2 is 2.00 bits per heavy atom. The van der Waals surface area contributed by atoms with Crippen molar-refractivity contribution in [2.75, 3.05) is 26.8 Å². The Morgan fingerprint density at radius 1 is 1.35 bits per heavy atom. The van der Waals surface area contributed by atoms with Gasteiger partial charge in [0.25, 0.3) is 0 Å². The Bertz CT molecular complexity index is 307. The van der Waals surface area contributed by atoms with Crippen LogP contribution in [0.4, 0.5) is 0 Å². The maximum Gasteiger partial charge on any atom is 0.224 e. The lowest BCUT2D eigenvalue weighted by molar-refractivity contribution is -0.134. The number of halogens is 1. The highest BCUT2D eigenvalue weighted by Gasteiger charge is 2.31. The molecule has 0 aromatic carbocycles. The quantitative estimate of drug-likeness (QED) is 0.869. The van der Waals surface area contributed by atoms with Crippen LogP contribution in [0.2, 0.25) is 0 Å². The standard InChI is InChI=1S/C15H28N2O2.ClH/c1-15(2)6-4-13(5-7-15)17(3)14(18)10-12-11-19-9-8-16-12;/h12-13,16H,4-11H2,1-3H3;1H. The molecule has 2 aliphatic rings. The molecule has 1 heterocycles. The molecule has 2 fully saturated rings. The Morgan fingerprint density at radius 3 is 2.55 bits per heavy atom. The first-order valence-corrected chi connectivity index (χ1v) is 7.55. The second-order valence-corrected chi connectivity index (χ2v) is 6.83. The fraction of sp³-hybridized carbons (Fsp3) is 0.933. The number of hydrogen-bond acceptors (Lipinski definition) is 3. The van der Waals surface area contributed by atoms with E-state index in [0.717, 1.165) is 26.0 Å². The second-order valence-electron chi connectivity index (χ2n) is 6.83. The number of nitrogens with one attached hydrogen (secondary N) is 1. The van der Waals surface area contributed by atoms with Gasteiger partial charge in [0.2, 0.25) is 5.91 Å². The average Bonchev–Trinajstić information content (AvgIpc) is 2.39. The van der Waals surface area contributed by atoms with E-state index < -0.39 is 0 Å². The van der Waals surface area contributed by atoms with Gasteiger partial charge in [0.1, 0.15) is 0 Å². The molecule has 1 amide bonds. The van der Waals surface area contributed by atoms with E-state index in [-0.39, 0.29) is 24.4 Å². The van der Waals surface area contributed by atoms with Gasteiger partial charge in [0, 0.05) is 32.1 Å². The minimum Gasteiger partial charge on any atom is -0.378 e. The maximum atomic E-state index is 12.3. The number of rotatable bonds is 3. The van der Waals surface area contributed by atoms with Crippen LogP contribution in [0.15, 0.2) is 0 Å². The summed E-state index contributed by atoms with van der Waals surface area (Å²) in [5.41, 5.74) is 0.457. The van der Waals surface area contributed by atoms with Gasteiger partial charge in [-0.25, -0.2) is 0 Å². The summed E-state index contributed by atoms with van der Waals surface area (Å²) in [4.78, 5) is 14.3. The fourth-order valence-corrected chi connectivity index (χ4v) is 3.08. The van der Waals surface area contributed by atoms with Crippen LogP contribution in [0, 0.1) is 5.41 Å². The van der Waals surface area contributed by atoms with Gasteiger partial charge in [0.05, 0.1) is 13.2 Å². The third-order valence-corrected chi connectivity index (χ3v) is 4.67. The van der Waals surface area contributed by atoms with E-state index in [1.807, 2.05) is 11.9 Å². The van der Waals surface area contributed by atoms with Crippen molar-refractivity contribution in [2.24, 2.45) is 5.41 Å². The number of carbonyl (C=O) groups excluding carboxylic acids is 1. The third kappa shape index (κ3) is 4.90. The predicted molar refractivity (Wildman–Crippen MR) is 83.3 cm³/mol. The maximum absolute atomic E-state index is 12.3. The van der Waals surface area contributed by atoms with Crippen molar-refractivity contribution < 1.29 is 9.53 Å². The van der Waals surface area contributed by atoms with Crippen molar-refractivity contribution in [1.82, 2.24) is 10.2 Å². The minimum atomic E-state index is 0. The van der Waals surface area contributed by atoms with Crippen LogP contribution in [0.25, 0.3) is 0 Å².